The molecule has 6 rings (SSSR count). The van der Waals surface area contributed by atoms with Crippen LogP contribution < -0.4 is 10.5 Å². The van der Waals surface area contributed by atoms with Gasteiger partial charge in [-0.3, -0.25) is 24.1 Å². The summed E-state index contributed by atoms with van der Waals surface area (Å²) in [6.07, 6.45) is 0.833. The number of carbonyl (C=O) groups excluding carboxylic acids is 1. The number of aromatic nitrogens is 2. The Morgan fingerprint density at radius 2 is 1.86 bits per heavy atom. The first kappa shape index (κ1) is 28.2. The Labute approximate surface area is 245 Å². The number of hydrogen-bond donors (Lipinski definition) is 0. The zero-order chi connectivity index (χ0) is 30.3. The Kier molecular flexibility index (Phi) is 7.22. The quantitative estimate of drug-likeness (QED) is 0.306. The molecule has 0 aliphatic carbocycles. The van der Waals surface area contributed by atoms with Crippen LogP contribution in [0.15, 0.2) is 76.7 Å². The maximum atomic E-state index is 14.5. The molecule has 0 saturated carbocycles. The van der Waals surface area contributed by atoms with E-state index >= 15 is 0 Å². The highest BCUT2D eigenvalue weighted by Crippen LogP contribution is 2.39. The van der Waals surface area contributed by atoms with Crippen molar-refractivity contribution < 1.29 is 18.0 Å². The standard InChI is InChI=1S/C32H27F3N6O2/c1-2-29(42)40-13-11-39(12-14-40)28-9-7-24(16-26(28)32(33,34)35)41-30(43)10-5-22-19-38-27-8-4-20(15-25(27)31(22)41)21-3-6-23(17-36)37-18-21/h3-10,15-16,19,21H,2,11-14,18H2,1H3. The van der Waals surface area contributed by atoms with E-state index in [1.54, 1.807) is 35.1 Å². The molecule has 4 aromatic rings. The van der Waals surface area contributed by atoms with E-state index in [4.69, 9.17) is 5.26 Å². The van der Waals surface area contributed by atoms with Crippen LogP contribution in [0.25, 0.3) is 27.5 Å². The molecule has 0 N–H and O–H groups in total. The number of halogens is 3. The molecule has 2 aliphatic rings. The van der Waals surface area contributed by atoms with E-state index in [0.29, 0.717) is 53.6 Å². The third-order valence-corrected chi connectivity index (χ3v) is 8.05. The van der Waals surface area contributed by atoms with E-state index in [1.807, 2.05) is 30.3 Å². The molecule has 1 amide bonds. The largest absolute Gasteiger partial charge is 0.418 e. The molecule has 1 fully saturated rings. The maximum absolute atomic E-state index is 14.5. The Morgan fingerprint density at radius 1 is 1.07 bits per heavy atom. The van der Waals surface area contributed by atoms with Crippen molar-refractivity contribution in [2.75, 3.05) is 37.6 Å². The third-order valence-electron chi connectivity index (χ3n) is 8.05. The van der Waals surface area contributed by atoms with Crippen molar-refractivity contribution in [2.45, 2.75) is 25.4 Å². The molecule has 1 unspecified atom stereocenters. The van der Waals surface area contributed by atoms with E-state index in [-0.39, 0.29) is 36.3 Å². The van der Waals surface area contributed by atoms with Crippen LogP contribution in [-0.4, -0.2) is 58.8 Å². The van der Waals surface area contributed by atoms with Gasteiger partial charge in [0.2, 0.25) is 5.91 Å². The minimum absolute atomic E-state index is 0.0170. The van der Waals surface area contributed by atoms with Crippen molar-refractivity contribution in [3.8, 4) is 11.8 Å². The molecular weight excluding hydrogens is 557 g/mol. The first-order chi connectivity index (χ1) is 20.7. The minimum atomic E-state index is -4.68. The number of rotatable bonds is 4. The molecule has 2 aromatic carbocycles. The van der Waals surface area contributed by atoms with Gasteiger partial charge in [-0.2, -0.15) is 18.4 Å². The molecule has 0 spiro atoms. The van der Waals surface area contributed by atoms with E-state index in [1.165, 1.54) is 22.8 Å². The van der Waals surface area contributed by atoms with Crippen LogP contribution >= 0.6 is 0 Å². The lowest BCUT2D eigenvalue weighted by Gasteiger charge is -2.37. The first-order valence-corrected chi connectivity index (χ1v) is 14.0. The summed E-state index contributed by atoms with van der Waals surface area (Å²) >= 11 is 0. The van der Waals surface area contributed by atoms with Gasteiger partial charge in [-0.15, -0.1) is 0 Å². The first-order valence-electron chi connectivity index (χ1n) is 14.0. The predicted octanol–water partition coefficient (Wildman–Crippen LogP) is 5.23. The number of alkyl halides is 3. The van der Waals surface area contributed by atoms with Gasteiger partial charge in [0.1, 0.15) is 11.8 Å². The van der Waals surface area contributed by atoms with Gasteiger partial charge in [-0.1, -0.05) is 19.1 Å². The molecule has 11 heteroatoms. The average Bonchev–Trinajstić information content (AvgIpc) is 3.03. The highest BCUT2D eigenvalue weighted by molar-refractivity contribution is 6.08. The van der Waals surface area contributed by atoms with E-state index in [2.05, 4.69) is 9.98 Å². The van der Waals surface area contributed by atoms with Crippen LogP contribution in [0.2, 0.25) is 0 Å². The molecule has 2 aromatic heterocycles. The van der Waals surface area contributed by atoms with E-state index in [0.717, 1.165) is 11.6 Å². The van der Waals surface area contributed by atoms with Crippen LogP contribution in [0, 0.1) is 11.3 Å². The second-order valence-electron chi connectivity index (χ2n) is 10.6. The number of nitrogens with zero attached hydrogens (tertiary/aromatic N) is 6. The van der Waals surface area contributed by atoms with Crippen molar-refractivity contribution >= 4 is 39.1 Å². The average molecular weight is 585 g/mol. The Hall–Kier alpha value is -4.98. The molecule has 1 saturated heterocycles. The number of nitriles is 1. The van der Waals surface area contributed by atoms with Crippen LogP contribution in [0.3, 0.4) is 0 Å². The molecular formula is C32H27F3N6O2. The molecule has 0 radical (unpaired) electrons. The van der Waals surface area contributed by atoms with E-state index in [9.17, 15) is 22.8 Å². The highest BCUT2D eigenvalue weighted by Gasteiger charge is 2.36. The monoisotopic (exact) mass is 584 g/mol. The number of fused-ring (bicyclic) bond motifs is 3. The maximum Gasteiger partial charge on any atom is 0.418 e. The fraction of sp³-hybridized carbons (Fsp3) is 0.281. The number of allylic oxidation sites excluding steroid dienone is 1. The van der Waals surface area contributed by atoms with Crippen LogP contribution in [0.5, 0.6) is 0 Å². The number of benzene rings is 2. The molecule has 2 aliphatic heterocycles. The molecule has 0 bridgehead atoms. The van der Waals surface area contributed by atoms with Crippen LogP contribution in [0.1, 0.15) is 30.4 Å². The van der Waals surface area contributed by atoms with Crippen molar-refractivity contribution in [3.63, 3.8) is 0 Å². The van der Waals surface area contributed by atoms with Gasteiger partial charge in [0.15, 0.2) is 0 Å². The molecule has 8 nitrogen and oxygen atoms in total. The number of dihydropyridines is 1. The summed E-state index contributed by atoms with van der Waals surface area (Å²) in [5, 5.41) is 10.3. The molecule has 4 heterocycles. The lowest BCUT2D eigenvalue weighted by Crippen LogP contribution is -2.49. The third kappa shape index (κ3) is 5.25. The number of aliphatic imine (C=N–C) groups is 1. The number of pyridine rings is 2. The van der Waals surface area contributed by atoms with E-state index < -0.39 is 17.3 Å². The number of carbonyl (C=O) groups is 1. The van der Waals surface area contributed by atoms with Gasteiger partial charge in [0.05, 0.1) is 28.8 Å². The van der Waals surface area contributed by atoms with Gasteiger partial charge >= 0.3 is 6.18 Å². The van der Waals surface area contributed by atoms with Crippen LogP contribution in [0.4, 0.5) is 18.9 Å². The molecule has 218 valence electrons. The van der Waals surface area contributed by atoms with Gasteiger partial charge in [0.25, 0.3) is 5.56 Å². The Balaban J connectivity index is 1.47. The number of piperazine rings is 1. The Bertz CT molecular complexity index is 1910. The summed E-state index contributed by atoms with van der Waals surface area (Å²) < 4.78 is 44.8. The van der Waals surface area contributed by atoms with Gasteiger partial charge in [-0.05, 0) is 48.0 Å². The smallest absolute Gasteiger partial charge is 0.367 e. The summed E-state index contributed by atoms with van der Waals surface area (Å²) in [5.74, 6) is -0.129. The summed E-state index contributed by atoms with van der Waals surface area (Å²) in [5.41, 5.74) is 1.05. The zero-order valence-corrected chi connectivity index (χ0v) is 23.3. The lowest BCUT2D eigenvalue weighted by atomic mass is 9.94. The molecule has 1 atom stereocenters. The SMILES string of the molecule is CCC(=O)N1CCN(c2ccc(-n3c(=O)ccc4cnc5ccc(C6C=CC(C#N)=NC6)cc5c43)cc2C(F)(F)F)CC1. The second-order valence-corrected chi connectivity index (χ2v) is 10.6. The minimum Gasteiger partial charge on any atom is -0.367 e. The van der Waals surface area contributed by atoms with Gasteiger partial charge in [0, 0.05) is 67.2 Å². The number of hydrogen-bond acceptors (Lipinski definition) is 6. The second kappa shape index (κ2) is 11.0. The number of anilines is 1. The Morgan fingerprint density at radius 3 is 2.53 bits per heavy atom. The number of amides is 1. The summed E-state index contributed by atoms with van der Waals surface area (Å²) in [4.78, 5) is 37.6. The summed E-state index contributed by atoms with van der Waals surface area (Å²) in [6, 6.07) is 14.5. The van der Waals surface area contributed by atoms with Crippen LogP contribution in [-0.2, 0) is 11.0 Å². The lowest BCUT2D eigenvalue weighted by molar-refractivity contribution is -0.137. The fourth-order valence-corrected chi connectivity index (χ4v) is 5.81. The fourth-order valence-electron chi connectivity index (χ4n) is 5.81. The van der Waals surface area contributed by atoms with Crippen molar-refractivity contribution in [2.24, 2.45) is 4.99 Å². The van der Waals surface area contributed by atoms with Gasteiger partial charge < -0.3 is 9.80 Å². The normalized spacial score (nSPS) is 17.3. The van der Waals surface area contributed by atoms with Crippen molar-refractivity contribution in [1.29, 1.82) is 5.26 Å². The summed E-state index contributed by atoms with van der Waals surface area (Å²) in [6.45, 7) is 3.38. The van der Waals surface area contributed by atoms with Crippen molar-refractivity contribution in [3.05, 3.63) is 88.4 Å². The van der Waals surface area contributed by atoms with Gasteiger partial charge in [-0.25, -0.2) is 0 Å². The topological polar surface area (TPSA) is 94.6 Å². The predicted molar refractivity (Wildman–Crippen MR) is 159 cm³/mol. The molecule has 43 heavy (non-hydrogen) atoms. The zero-order valence-electron chi connectivity index (χ0n) is 23.3. The highest BCUT2D eigenvalue weighted by atomic mass is 19.4. The summed E-state index contributed by atoms with van der Waals surface area (Å²) in [7, 11) is 0. The van der Waals surface area contributed by atoms with Crippen molar-refractivity contribution in [1.82, 2.24) is 14.5 Å².